The van der Waals surface area contributed by atoms with Gasteiger partial charge in [0.1, 0.15) is 11.3 Å². The summed E-state index contributed by atoms with van der Waals surface area (Å²) in [5.41, 5.74) is 2.48. The molecule has 4 rings (SSSR count). The number of benzene rings is 2. The Morgan fingerprint density at radius 2 is 1.96 bits per heavy atom. The molecule has 3 aromatic rings. The van der Waals surface area contributed by atoms with Gasteiger partial charge < -0.3 is 24.5 Å². The SMILES string of the molecule is O=C(NC(Cc1coc2ccccc12)B(O)O)[C@H]1Cc2ccccc2O1. The topological polar surface area (TPSA) is 91.9 Å². The standard InChI is InChI=1S/C19H18BNO5/c22-19(17-9-12-5-1-3-7-15(12)26-17)21-18(20(23)24)10-13-11-25-16-8-4-2-6-14(13)16/h1-8,11,17-18,23-24H,9-10H2,(H,21,22)/t17-,18?/m1/s1. The molecule has 0 spiro atoms. The lowest BCUT2D eigenvalue weighted by molar-refractivity contribution is -0.127. The lowest BCUT2D eigenvalue weighted by Crippen LogP contribution is -2.51. The van der Waals surface area contributed by atoms with Crippen molar-refractivity contribution in [1.29, 1.82) is 0 Å². The van der Waals surface area contributed by atoms with Gasteiger partial charge in [-0.1, -0.05) is 36.4 Å². The van der Waals surface area contributed by atoms with Crippen molar-refractivity contribution in [3.63, 3.8) is 0 Å². The molecule has 1 amide bonds. The second kappa shape index (κ2) is 6.86. The van der Waals surface area contributed by atoms with E-state index in [1.807, 2.05) is 48.5 Å². The summed E-state index contributed by atoms with van der Waals surface area (Å²) in [6.45, 7) is 0. The van der Waals surface area contributed by atoms with Gasteiger partial charge in [0, 0.05) is 11.8 Å². The second-order valence-electron chi connectivity index (χ2n) is 6.41. The first-order valence-corrected chi connectivity index (χ1v) is 8.48. The first-order chi connectivity index (χ1) is 12.6. The number of rotatable bonds is 5. The third-order valence-electron chi connectivity index (χ3n) is 4.63. The number of hydrogen-bond donors (Lipinski definition) is 3. The third-order valence-corrected chi connectivity index (χ3v) is 4.63. The average molecular weight is 351 g/mol. The maximum Gasteiger partial charge on any atom is 0.475 e. The lowest BCUT2D eigenvalue weighted by atomic mass is 9.75. The lowest BCUT2D eigenvalue weighted by Gasteiger charge is -2.19. The number of nitrogens with one attached hydrogen (secondary N) is 1. The number of para-hydroxylation sites is 2. The molecular weight excluding hydrogens is 333 g/mol. The Kier molecular flexibility index (Phi) is 4.40. The number of carbonyl (C=O) groups excluding carboxylic acids is 1. The predicted molar refractivity (Wildman–Crippen MR) is 96.6 cm³/mol. The Morgan fingerprint density at radius 3 is 2.77 bits per heavy atom. The van der Waals surface area contributed by atoms with Gasteiger partial charge >= 0.3 is 7.12 Å². The van der Waals surface area contributed by atoms with E-state index in [0.717, 1.165) is 22.1 Å². The van der Waals surface area contributed by atoms with E-state index in [1.165, 1.54) is 0 Å². The Hall–Kier alpha value is -2.77. The van der Waals surface area contributed by atoms with Crippen molar-refractivity contribution < 1.29 is 24.0 Å². The van der Waals surface area contributed by atoms with Gasteiger partial charge in [-0.2, -0.15) is 0 Å². The van der Waals surface area contributed by atoms with Gasteiger partial charge in [-0.15, -0.1) is 0 Å². The third kappa shape index (κ3) is 3.19. The van der Waals surface area contributed by atoms with Crippen LogP contribution in [0.2, 0.25) is 0 Å². The van der Waals surface area contributed by atoms with E-state index in [9.17, 15) is 14.8 Å². The molecule has 0 saturated carbocycles. The zero-order valence-electron chi connectivity index (χ0n) is 14.0. The number of carbonyl (C=O) groups is 1. The van der Waals surface area contributed by atoms with Crippen molar-refractivity contribution in [3.8, 4) is 5.75 Å². The molecule has 1 aromatic heterocycles. The van der Waals surface area contributed by atoms with Crippen molar-refractivity contribution in [2.45, 2.75) is 24.9 Å². The van der Waals surface area contributed by atoms with E-state index in [4.69, 9.17) is 9.15 Å². The Morgan fingerprint density at radius 1 is 1.19 bits per heavy atom. The highest BCUT2D eigenvalue weighted by atomic mass is 16.5. The van der Waals surface area contributed by atoms with E-state index in [2.05, 4.69) is 5.32 Å². The smallest absolute Gasteiger partial charge is 0.475 e. The minimum Gasteiger partial charge on any atom is -0.480 e. The first-order valence-electron chi connectivity index (χ1n) is 8.48. The van der Waals surface area contributed by atoms with E-state index in [1.54, 1.807) is 6.26 Å². The molecule has 0 fully saturated rings. The summed E-state index contributed by atoms with van der Waals surface area (Å²) >= 11 is 0. The molecule has 132 valence electrons. The maximum atomic E-state index is 12.5. The van der Waals surface area contributed by atoms with Crippen molar-refractivity contribution in [2.24, 2.45) is 0 Å². The molecule has 0 bridgehead atoms. The number of amides is 1. The van der Waals surface area contributed by atoms with Crippen LogP contribution in [0.4, 0.5) is 0 Å². The van der Waals surface area contributed by atoms with Gasteiger partial charge in [0.15, 0.2) is 6.10 Å². The van der Waals surface area contributed by atoms with Crippen LogP contribution in [0, 0.1) is 0 Å². The van der Waals surface area contributed by atoms with Crippen LogP contribution in [0.25, 0.3) is 11.0 Å². The molecule has 26 heavy (non-hydrogen) atoms. The summed E-state index contributed by atoms with van der Waals surface area (Å²) in [4.78, 5) is 12.5. The summed E-state index contributed by atoms with van der Waals surface area (Å²) in [6.07, 6.45) is 1.61. The van der Waals surface area contributed by atoms with E-state index < -0.39 is 19.2 Å². The zero-order valence-corrected chi connectivity index (χ0v) is 14.0. The Labute approximate surface area is 150 Å². The van der Waals surface area contributed by atoms with Gasteiger partial charge in [-0.05, 0) is 29.7 Å². The maximum absolute atomic E-state index is 12.5. The second-order valence-corrected chi connectivity index (χ2v) is 6.41. The highest BCUT2D eigenvalue weighted by molar-refractivity contribution is 6.43. The van der Waals surface area contributed by atoms with Crippen molar-refractivity contribution in [2.75, 3.05) is 0 Å². The fraction of sp³-hybridized carbons (Fsp3) is 0.211. The van der Waals surface area contributed by atoms with Gasteiger partial charge in [0.2, 0.25) is 0 Å². The molecule has 1 aliphatic rings. The van der Waals surface area contributed by atoms with Crippen LogP contribution < -0.4 is 10.1 Å². The molecule has 6 nitrogen and oxygen atoms in total. The zero-order chi connectivity index (χ0) is 18.1. The van der Waals surface area contributed by atoms with Gasteiger partial charge in [-0.25, -0.2) is 0 Å². The van der Waals surface area contributed by atoms with Crippen LogP contribution in [0.3, 0.4) is 0 Å². The largest absolute Gasteiger partial charge is 0.480 e. The summed E-state index contributed by atoms with van der Waals surface area (Å²) < 4.78 is 11.1. The van der Waals surface area contributed by atoms with Crippen molar-refractivity contribution in [1.82, 2.24) is 5.32 Å². The van der Waals surface area contributed by atoms with Gasteiger partial charge in [-0.3, -0.25) is 4.79 Å². The molecular formula is C19H18BNO5. The fourth-order valence-electron chi connectivity index (χ4n) is 3.26. The molecule has 2 heterocycles. The fourth-order valence-corrected chi connectivity index (χ4v) is 3.26. The van der Waals surface area contributed by atoms with E-state index in [0.29, 0.717) is 12.2 Å². The monoisotopic (exact) mass is 351 g/mol. The highest BCUT2D eigenvalue weighted by Crippen LogP contribution is 2.28. The number of fused-ring (bicyclic) bond motifs is 2. The summed E-state index contributed by atoms with van der Waals surface area (Å²) in [7, 11) is -1.70. The summed E-state index contributed by atoms with van der Waals surface area (Å²) in [5, 5.41) is 23.0. The number of hydrogen-bond acceptors (Lipinski definition) is 5. The normalized spacial score (nSPS) is 16.8. The van der Waals surface area contributed by atoms with Crippen LogP contribution in [0.5, 0.6) is 5.75 Å². The highest BCUT2D eigenvalue weighted by Gasteiger charge is 2.33. The van der Waals surface area contributed by atoms with Crippen LogP contribution in [0.15, 0.2) is 59.2 Å². The van der Waals surface area contributed by atoms with Crippen molar-refractivity contribution >= 4 is 24.0 Å². The predicted octanol–water partition coefficient (Wildman–Crippen LogP) is 1.48. The van der Waals surface area contributed by atoms with Gasteiger partial charge in [0.05, 0.1) is 12.2 Å². The minimum absolute atomic E-state index is 0.236. The Bertz CT molecular complexity index is 913. The van der Waals surface area contributed by atoms with Crippen LogP contribution >= 0.6 is 0 Å². The van der Waals surface area contributed by atoms with Gasteiger partial charge in [0.25, 0.3) is 5.91 Å². The quantitative estimate of drug-likeness (QED) is 0.606. The number of furan rings is 1. The summed E-state index contributed by atoms with van der Waals surface area (Å²) in [6, 6.07) is 15.0. The molecule has 2 aromatic carbocycles. The van der Waals surface area contributed by atoms with Crippen LogP contribution in [-0.2, 0) is 17.6 Å². The first kappa shape index (κ1) is 16.7. The average Bonchev–Trinajstić information content (AvgIpc) is 3.25. The summed E-state index contributed by atoms with van der Waals surface area (Å²) in [5.74, 6) is -0.544. The molecule has 0 saturated heterocycles. The molecule has 0 radical (unpaired) electrons. The number of ether oxygens (including phenoxy) is 1. The molecule has 3 N–H and O–H groups in total. The molecule has 2 atom stereocenters. The molecule has 7 heteroatoms. The molecule has 1 unspecified atom stereocenters. The molecule has 1 aliphatic heterocycles. The minimum atomic E-state index is -1.70. The van der Waals surface area contributed by atoms with Crippen LogP contribution in [-0.4, -0.2) is 35.1 Å². The Balaban J connectivity index is 1.47. The van der Waals surface area contributed by atoms with E-state index >= 15 is 0 Å². The molecule has 0 aliphatic carbocycles. The van der Waals surface area contributed by atoms with Crippen LogP contribution in [0.1, 0.15) is 11.1 Å². The van der Waals surface area contributed by atoms with Crippen molar-refractivity contribution in [3.05, 3.63) is 65.9 Å². The van der Waals surface area contributed by atoms with E-state index in [-0.39, 0.29) is 12.3 Å².